The molecule has 15 atom stereocenters. The molecular weight excluding hydrogens is 649 g/mol. The summed E-state index contributed by atoms with van der Waals surface area (Å²) in [6.45, 7) is 30.6. The Balaban J connectivity index is 1.61. The van der Waals surface area contributed by atoms with E-state index in [0.717, 1.165) is 94.7 Å². The van der Waals surface area contributed by atoms with E-state index in [1.165, 1.54) is 161 Å². The summed E-state index contributed by atoms with van der Waals surface area (Å²) in [6.07, 6.45) is 39.3. The van der Waals surface area contributed by atoms with Crippen molar-refractivity contribution in [1.29, 1.82) is 0 Å². The fraction of sp³-hybridized carbons (Fsp3) is 0.963. The molecule has 4 rings (SSSR count). The van der Waals surface area contributed by atoms with Crippen molar-refractivity contribution in [2.24, 2.45) is 101 Å². The van der Waals surface area contributed by atoms with Crippen molar-refractivity contribution in [2.45, 2.75) is 230 Å². The molecule has 0 bridgehead atoms. The van der Waals surface area contributed by atoms with Crippen molar-refractivity contribution in [1.82, 2.24) is 0 Å². The number of rotatable bonds is 19. The van der Waals surface area contributed by atoms with Gasteiger partial charge in [0.2, 0.25) is 0 Å². The van der Waals surface area contributed by atoms with Crippen molar-refractivity contribution < 1.29 is 0 Å². The largest absolute Gasteiger partial charge is 0.103 e. The van der Waals surface area contributed by atoms with Crippen molar-refractivity contribution in [2.75, 3.05) is 0 Å². The number of fused-ring (bicyclic) bond motifs is 1. The molecule has 0 amide bonds. The van der Waals surface area contributed by atoms with Gasteiger partial charge in [0.15, 0.2) is 0 Å². The lowest BCUT2D eigenvalue weighted by Crippen LogP contribution is -2.47. The molecule has 0 radical (unpaired) electrons. The van der Waals surface area contributed by atoms with E-state index in [1.807, 2.05) is 0 Å². The molecule has 0 heterocycles. The van der Waals surface area contributed by atoms with Crippen LogP contribution in [0.15, 0.2) is 12.7 Å². The van der Waals surface area contributed by atoms with E-state index in [9.17, 15) is 0 Å². The predicted octanol–water partition coefficient (Wildman–Crippen LogP) is 17.7. The maximum absolute atomic E-state index is 4.67. The Morgan fingerprint density at radius 3 is 1.81 bits per heavy atom. The number of hydrogen-bond acceptors (Lipinski definition) is 0. The Hall–Kier alpha value is -0.260. The standard InChI is InChI=1S/C54H100/c1-12-17-25-39(8)40(9)34-37-44(14-3)54-48(38(6)7)31-24-33-51(50-29-21-22-30-52(50)54)53-42(11)26-23-32-49(46(15-4)47(53)16-5)43(13-2)36-35-41(10)45-27-19-18-20-28-45/h14,38-54H,3,12-13,15-37H2,1-2,4-11H3. The third kappa shape index (κ3) is 12.1. The maximum atomic E-state index is 4.67. The van der Waals surface area contributed by atoms with E-state index < -0.39 is 0 Å². The minimum atomic E-state index is 0.702. The summed E-state index contributed by atoms with van der Waals surface area (Å²) in [5.41, 5.74) is 0. The zero-order valence-electron chi connectivity index (χ0n) is 38.8. The van der Waals surface area contributed by atoms with Gasteiger partial charge in [0.1, 0.15) is 0 Å². The first-order valence-electron chi connectivity index (χ1n) is 25.7. The first-order chi connectivity index (χ1) is 26.1. The molecule has 54 heavy (non-hydrogen) atoms. The number of allylic oxidation sites excluding steroid dienone is 1. The predicted molar refractivity (Wildman–Crippen MR) is 242 cm³/mol. The lowest BCUT2D eigenvalue weighted by atomic mass is 9.51. The van der Waals surface area contributed by atoms with Gasteiger partial charge in [-0.3, -0.25) is 0 Å². The maximum Gasteiger partial charge on any atom is -0.0202 e. The van der Waals surface area contributed by atoms with E-state index in [1.54, 1.807) is 0 Å². The minimum absolute atomic E-state index is 0.702. The lowest BCUT2D eigenvalue weighted by Gasteiger charge is -2.54. The summed E-state index contributed by atoms with van der Waals surface area (Å²) in [4.78, 5) is 0. The second kappa shape index (κ2) is 24.0. The minimum Gasteiger partial charge on any atom is -0.103 e. The molecule has 0 saturated heterocycles. The lowest BCUT2D eigenvalue weighted by molar-refractivity contribution is -0.0523. The molecule has 0 aromatic carbocycles. The summed E-state index contributed by atoms with van der Waals surface area (Å²) in [6, 6.07) is 0. The van der Waals surface area contributed by atoms with Gasteiger partial charge < -0.3 is 0 Å². The number of unbranched alkanes of at least 4 members (excludes halogenated alkanes) is 1. The Morgan fingerprint density at radius 1 is 0.574 bits per heavy atom. The van der Waals surface area contributed by atoms with Crippen LogP contribution in [0.4, 0.5) is 0 Å². The van der Waals surface area contributed by atoms with Crippen molar-refractivity contribution in [3.63, 3.8) is 0 Å². The van der Waals surface area contributed by atoms with E-state index in [0.29, 0.717) is 5.92 Å². The molecule has 316 valence electrons. The van der Waals surface area contributed by atoms with Crippen molar-refractivity contribution >= 4 is 0 Å². The van der Waals surface area contributed by atoms with Gasteiger partial charge in [-0.2, -0.15) is 0 Å². The molecule has 0 aromatic heterocycles. The van der Waals surface area contributed by atoms with Crippen LogP contribution in [0.5, 0.6) is 0 Å². The second-order valence-corrected chi connectivity index (χ2v) is 21.7. The molecule has 0 heteroatoms. The zero-order valence-corrected chi connectivity index (χ0v) is 38.8. The molecule has 0 nitrogen and oxygen atoms in total. The normalized spacial score (nSPS) is 36.1. The highest BCUT2D eigenvalue weighted by Crippen LogP contribution is 2.57. The molecule has 15 unspecified atom stereocenters. The van der Waals surface area contributed by atoms with Gasteiger partial charge in [-0.15, -0.1) is 6.58 Å². The highest BCUT2D eigenvalue weighted by molar-refractivity contribution is 5.01. The van der Waals surface area contributed by atoms with E-state index in [2.05, 4.69) is 81.9 Å². The zero-order chi connectivity index (χ0) is 39.2. The molecular formula is C54H100. The summed E-state index contributed by atoms with van der Waals surface area (Å²) in [5.74, 6) is 15.3. The molecule has 4 fully saturated rings. The number of hydrogen-bond donors (Lipinski definition) is 0. The summed E-state index contributed by atoms with van der Waals surface area (Å²) in [7, 11) is 0. The smallest absolute Gasteiger partial charge is 0.0202 e. The first-order valence-corrected chi connectivity index (χ1v) is 25.7. The Kier molecular flexibility index (Phi) is 20.6. The second-order valence-electron chi connectivity index (χ2n) is 21.7. The van der Waals surface area contributed by atoms with Crippen molar-refractivity contribution in [3.8, 4) is 0 Å². The SMILES string of the molecule is C=CC(CCC(C)C(C)CCCC)C1C(C(C)C)CCCC(C2C(C)CCCC(C(CC)CCC(C)C3CCCCC3)C(CC)C2CC)C2CCCCC21. The molecule has 0 aliphatic heterocycles. The van der Waals surface area contributed by atoms with E-state index in [-0.39, 0.29) is 0 Å². The van der Waals surface area contributed by atoms with Crippen LogP contribution in [-0.4, -0.2) is 0 Å². The van der Waals surface area contributed by atoms with Crippen LogP contribution in [0, 0.1) is 101 Å². The topological polar surface area (TPSA) is 0 Å². The third-order valence-corrected chi connectivity index (χ3v) is 18.5. The van der Waals surface area contributed by atoms with Crippen LogP contribution in [-0.2, 0) is 0 Å². The van der Waals surface area contributed by atoms with Gasteiger partial charge in [0, 0.05) is 0 Å². The third-order valence-electron chi connectivity index (χ3n) is 18.5. The average Bonchev–Trinajstić information content (AvgIpc) is 3.17. The van der Waals surface area contributed by atoms with Crippen LogP contribution in [0.2, 0.25) is 0 Å². The monoisotopic (exact) mass is 749 g/mol. The van der Waals surface area contributed by atoms with E-state index >= 15 is 0 Å². The summed E-state index contributed by atoms with van der Waals surface area (Å²) in [5, 5.41) is 0. The molecule has 4 saturated carbocycles. The van der Waals surface area contributed by atoms with Crippen LogP contribution in [0.3, 0.4) is 0 Å². The van der Waals surface area contributed by atoms with Crippen LogP contribution in [0.25, 0.3) is 0 Å². The molecule has 0 aromatic rings. The Morgan fingerprint density at radius 2 is 1.19 bits per heavy atom. The van der Waals surface area contributed by atoms with Crippen molar-refractivity contribution in [3.05, 3.63) is 12.7 Å². The van der Waals surface area contributed by atoms with Gasteiger partial charge in [0.25, 0.3) is 0 Å². The van der Waals surface area contributed by atoms with Gasteiger partial charge in [-0.1, -0.05) is 184 Å². The van der Waals surface area contributed by atoms with Gasteiger partial charge in [0.05, 0.1) is 0 Å². The average molecular weight is 749 g/mol. The molecule has 0 N–H and O–H groups in total. The highest BCUT2D eigenvalue weighted by Gasteiger charge is 2.49. The fourth-order valence-corrected chi connectivity index (χ4v) is 15.2. The first kappa shape index (κ1) is 46.4. The van der Waals surface area contributed by atoms with Gasteiger partial charge in [-0.05, 0) is 152 Å². The van der Waals surface area contributed by atoms with Crippen LogP contribution >= 0.6 is 0 Å². The van der Waals surface area contributed by atoms with Crippen LogP contribution < -0.4 is 0 Å². The molecule has 4 aliphatic carbocycles. The quantitative estimate of drug-likeness (QED) is 0.115. The van der Waals surface area contributed by atoms with E-state index in [4.69, 9.17) is 0 Å². The van der Waals surface area contributed by atoms with Gasteiger partial charge >= 0.3 is 0 Å². The summed E-state index contributed by atoms with van der Waals surface area (Å²) < 4.78 is 0. The summed E-state index contributed by atoms with van der Waals surface area (Å²) >= 11 is 0. The van der Waals surface area contributed by atoms with Gasteiger partial charge in [-0.25, -0.2) is 0 Å². The highest BCUT2D eigenvalue weighted by atomic mass is 14.5. The Bertz CT molecular complexity index is 986. The van der Waals surface area contributed by atoms with Crippen LogP contribution in [0.1, 0.15) is 230 Å². The molecule has 4 aliphatic rings. The Labute approximate surface area is 341 Å². The molecule has 0 spiro atoms. The fourth-order valence-electron chi connectivity index (χ4n) is 15.2.